The van der Waals surface area contributed by atoms with Crippen molar-refractivity contribution < 1.29 is 17.7 Å². The van der Waals surface area contributed by atoms with Gasteiger partial charge in [-0.1, -0.05) is 22.0 Å². The van der Waals surface area contributed by atoms with Crippen LogP contribution in [0.4, 0.5) is 15.8 Å². The Balaban J connectivity index is 2.48. The summed E-state index contributed by atoms with van der Waals surface area (Å²) in [4.78, 5) is 11.6. The van der Waals surface area contributed by atoms with Crippen LogP contribution in [0.5, 0.6) is 0 Å². The minimum absolute atomic E-state index is 0.0860. The molecule has 24 heavy (non-hydrogen) atoms. The minimum atomic E-state index is -4.07. The third-order valence-corrected chi connectivity index (χ3v) is 4.99. The number of halogens is 2. The van der Waals surface area contributed by atoms with Crippen LogP contribution in [0.25, 0.3) is 0 Å². The number of anilines is 1. The SMILES string of the molecule is CN(Cc1ccc(F)cc1Br)c1cc([N+](=O)[O-])ccc1S(N)(=O)=O. The Hall–Kier alpha value is -2.04. The fraction of sp³-hybridized carbons (Fsp3) is 0.143. The van der Waals surface area contributed by atoms with Crippen molar-refractivity contribution in [2.24, 2.45) is 5.14 Å². The van der Waals surface area contributed by atoms with E-state index < -0.39 is 20.8 Å². The molecular weight excluding hydrogens is 405 g/mol. The highest BCUT2D eigenvalue weighted by molar-refractivity contribution is 9.10. The van der Waals surface area contributed by atoms with Gasteiger partial charge in [0.15, 0.2) is 0 Å². The first-order chi connectivity index (χ1) is 11.1. The van der Waals surface area contributed by atoms with Gasteiger partial charge in [0, 0.05) is 30.2 Å². The molecule has 0 bridgehead atoms. The molecule has 0 aliphatic rings. The molecule has 0 saturated carbocycles. The third-order valence-electron chi connectivity index (χ3n) is 3.29. The van der Waals surface area contributed by atoms with Crippen molar-refractivity contribution >= 4 is 37.3 Å². The minimum Gasteiger partial charge on any atom is -0.369 e. The molecule has 0 aliphatic carbocycles. The van der Waals surface area contributed by atoms with Gasteiger partial charge in [-0.2, -0.15) is 0 Å². The maximum absolute atomic E-state index is 13.2. The molecule has 2 rings (SSSR count). The molecule has 0 heterocycles. The Bertz CT molecular complexity index is 905. The highest BCUT2D eigenvalue weighted by Crippen LogP contribution is 2.30. The Kier molecular flexibility index (Phi) is 5.21. The Labute approximate surface area is 146 Å². The number of sulfonamides is 1. The molecule has 2 aromatic carbocycles. The van der Waals surface area contributed by atoms with Crippen molar-refractivity contribution in [1.82, 2.24) is 0 Å². The lowest BCUT2D eigenvalue weighted by Gasteiger charge is -2.22. The Morgan fingerprint density at radius 3 is 2.50 bits per heavy atom. The van der Waals surface area contributed by atoms with E-state index in [4.69, 9.17) is 5.14 Å². The summed E-state index contributed by atoms with van der Waals surface area (Å²) in [6, 6.07) is 7.38. The van der Waals surface area contributed by atoms with Crippen LogP contribution in [-0.2, 0) is 16.6 Å². The van der Waals surface area contributed by atoms with Crippen LogP contribution in [-0.4, -0.2) is 20.4 Å². The number of non-ortho nitro benzene ring substituents is 1. The summed E-state index contributed by atoms with van der Waals surface area (Å²) in [5.41, 5.74) is 0.496. The van der Waals surface area contributed by atoms with E-state index in [1.807, 2.05) is 0 Å². The van der Waals surface area contributed by atoms with Gasteiger partial charge in [0.05, 0.1) is 10.6 Å². The molecule has 2 N–H and O–H groups in total. The topological polar surface area (TPSA) is 107 Å². The zero-order valence-corrected chi connectivity index (χ0v) is 14.8. The first kappa shape index (κ1) is 18.3. The molecule has 0 amide bonds. The van der Waals surface area contributed by atoms with E-state index in [1.165, 1.54) is 23.1 Å². The Morgan fingerprint density at radius 1 is 1.29 bits per heavy atom. The second-order valence-corrected chi connectivity index (χ2v) is 7.43. The van der Waals surface area contributed by atoms with Crippen LogP contribution in [0.3, 0.4) is 0 Å². The number of hydrogen-bond acceptors (Lipinski definition) is 5. The van der Waals surface area contributed by atoms with E-state index in [-0.39, 0.29) is 22.8 Å². The van der Waals surface area contributed by atoms with Crippen LogP contribution < -0.4 is 10.0 Å². The summed E-state index contributed by atoms with van der Waals surface area (Å²) in [5.74, 6) is -0.422. The Morgan fingerprint density at radius 2 is 1.96 bits per heavy atom. The van der Waals surface area contributed by atoms with E-state index in [0.717, 1.165) is 18.2 Å². The van der Waals surface area contributed by atoms with E-state index in [1.54, 1.807) is 7.05 Å². The predicted molar refractivity (Wildman–Crippen MR) is 90.7 cm³/mol. The smallest absolute Gasteiger partial charge is 0.271 e. The van der Waals surface area contributed by atoms with Gasteiger partial charge < -0.3 is 4.90 Å². The van der Waals surface area contributed by atoms with Crippen molar-refractivity contribution in [2.45, 2.75) is 11.4 Å². The average molecular weight is 418 g/mol. The summed E-state index contributed by atoms with van der Waals surface area (Å²) in [5, 5.41) is 16.1. The van der Waals surface area contributed by atoms with E-state index >= 15 is 0 Å². The van der Waals surface area contributed by atoms with Crippen molar-refractivity contribution in [3.63, 3.8) is 0 Å². The summed E-state index contributed by atoms with van der Waals surface area (Å²) in [6.07, 6.45) is 0. The molecule has 10 heteroatoms. The van der Waals surface area contributed by atoms with Gasteiger partial charge in [0.25, 0.3) is 5.69 Å². The van der Waals surface area contributed by atoms with Crippen molar-refractivity contribution in [2.75, 3.05) is 11.9 Å². The molecule has 0 saturated heterocycles. The second kappa shape index (κ2) is 6.83. The highest BCUT2D eigenvalue weighted by Gasteiger charge is 2.21. The molecule has 0 aliphatic heterocycles. The molecule has 0 spiro atoms. The predicted octanol–water partition coefficient (Wildman–Crippen LogP) is 2.78. The van der Waals surface area contributed by atoms with Crippen LogP contribution in [0, 0.1) is 15.9 Å². The van der Waals surface area contributed by atoms with Gasteiger partial charge in [-0.25, -0.2) is 17.9 Å². The number of hydrogen-bond donors (Lipinski definition) is 1. The second-order valence-electron chi connectivity index (χ2n) is 5.05. The molecule has 0 fully saturated rings. The van der Waals surface area contributed by atoms with Gasteiger partial charge >= 0.3 is 0 Å². The molecular formula is C14H13BrFN3O4S. The molecule has 0 radical (unpaired) electrons. The average Bonchev–Trinajstić information content (AvgIpc) is 2.48. The maximum atomic E-state index is 13.2. The maximum Gasteiger partial charge on any atom is 0.271 e. The molecule has 0 atom stereocenters. The van der Waals surface area contributed by atoms with Crippen LogP contribution in [0.2, 0.25) is 0 Å². The number of nitrogens with zero attached hydrogens (tertiary/aromatic N) is 2. The van der Waals surface area contributed by atoms with Gasteiger partial charge in [-0.3, -0.25) is 10.1 Å². The first-order valence-electron chi connectivity index (χ1n) is 6.56. The fourth-order valence-corrected chi connectivity index (χ4v) is 3.39. The zero-order chi connectivity index (χ0) is 18.1. The molecule has 2 aromatic rings. The summed E-state index contributed by atoms with van der Waals surface area (Å²) in [6.45, 7) is 0.185. The third kappa shape index (κ3) is 4.08. The number of benzene rings is 2. The summed E-state index contributed by atoms with van der Waals surface area (Å²) < 4.78 is 37.1. The van der Waals surface area contributed by atoms with E-state index in [2.05, 4.69) is 15.9 Å². The fourth-order valence-electron chi connectivity index (χ4n) is 2.15. The number of primary sulfonamides is 1. The lowest BCUT2D eigenvalue weighted by atomic mass is 10.2. The molecule has 128 valence electrons. The quantitative estimate of drug-likeness (QED) is 0.594. The number of rotatable bonds is 5. The van der Waals surface area contributed by atoms with Gasteiger partial charge in [-0.05, 0) is 23.8 Å². The number of nitro groups is 1. The normalized spacial score (nSPS) is 11.3. The molecule has 0 aromatic heterocycles. The monoisotopic (exact) mass is 417 g/mol. The standard InChI is InChI=1S/C14H13BrFN3O4S/c1-18(8-9-2-3-10(16)6-12(9)15)13-7-11(19(20)21)4-5-14(13)24(17,22)23/h2-7H,8H2,1H3,(H2,17,22,23). The van der Waals surface area contributed by atoms with Gasteiger partial charge in [-0.15, -0.1) is 0 Å². The lowest BCUT2D eigenvalue weighted by molar-refractivity contribution is -0.384. The van der Waals surface area contributed by atoms with Crippen molar-refractivity contribution in [3.8, 4) is 0 Å². The van der Waals surface area contributed by atoms with Crippen LogP contribution >= 0.6 is 15.9 Å². The van der Waals surface area contributed by atoms with Gasteiger partial charge in [0.1, 0.15) is 10.7 Å². The number of nitro benzene ring substituents is 1. The van der Waals surface area contributed by atoms with Crippen LogP contribution in [0.1, 0.15) is 5.56 Å². The van der Waals surface area contributed by atoms with Crippen molar-refractivity contribution in [1.29, 1.82) is 0 Å². The van der Waals surface area contributed by atoms with Crippen molar-refractivity contribution in [3.05, 3.63) is 62.4 Å². The number of nitrogens with two attached hydrogens (primary N) is 1. The summed E-state index contributed by atoms with van der Waals surface area (Å²) in [7, 11) is -2.51. The molecule has 7 nitrogen and oxygen atoms in total. The van der Waals surface area contributed by atoms with Gasteiger partial charge in [0.2, 0.25) is 10.0 Å². The lowest BCUT2D eigenvalue weighted by Crippen LogP contribution is -2.22. The summed E-state index contributed by atoms with van der Waals surface area (Å²) >= 11 is 3.23. The van der Waals surface area contributed by atoms with E-state index in [9.17, 15) is 22.9 Å². The highest BCUT2D eigenvalue weighted by atomic mass is 79.9. The van der Waals surface area contributed by atoms with Crippen LogP contribution in [0.15, 0.2) is 45.8 Å². The molecule has 0 unspecified atom stereocenters. The zero-order valence-electron chi connectivity index (χ0n) is 12.4. The van der Waals surface area contributed by atoms with E-state index in [0.29, 0.717) is 10.0 Å². The first-order valence-corrected chi connectivity index (χ1v) is 8.90. The largest absolute Gasteiger partial charge is 0.369 e.